The number of imidazole rings is 1. The van der Waals surface area contributed by atoms with Gasteiger partial charge in [0, 0.05) is 12.7 Å². The van der Waals surface area contributed by atoms with Crippen LogP contribution in [0.3, 0.4) is 0 Å². The number of nitriles is 1. The Bertz CT molecular complexity index is 2090. The summed E-state index contributed by atoms with van der Waals surface area (Å²) in [4.78, 5) is 8.36. The van der Waals surface area contributed by atoms with E-state index in [1.165, 1.54) is 10.7 Å². The number of nitrogens with two attached hydrogens (primary N) is 1. The lowest BCUT2D eigenvalue weighted by atomic mass is 9.79. The zero-order chi connectivity index (χ0) is 33.6. The van der Waals surface area contributed by atoms with Gasteiger partial charge in [-0.25, -0.2) is 17.9 Å². The van der Waals surface area contributed by atoms with Crippen molar-refractivity contribution in [3.8, 4) is 6.07 Å². The molecule has 48 heavy (non-hydrogen) atoms. The van der Waals surface area contributed by atoms with Gasteiger partial charge in [0.15, 0.2) is 11.5 Å². The molecule has 1 spiro atoms. The first kappa shape index (κ1) is 31.9. The summed E-state index contributed by atoms with van der Waals surface area (Å²) in [6.07, 6.45) is 1.49. The van der Waals surface area contributed by atoms with Gasteiger partial charge in [-0.2, -0.15) is 10.2 Å². The fraction of sp³-hybridized carbons (Fsp3) is 0.314. The molecule has 7 rings (SSSR count). The van der Waals surface area contributed by atoms with Crippen LogP contribution in [0.25, 0.3) is 5.65 Å². The second kappa shape index (κ2) is 12.1. The number of aromatic nitrogens is 4. The summed E-state index contributed by atoms with van der Waals surface area (Å²) in [6, 6.07) is 31.4. The summed E-state index contributed by atoms with van der Waals surface area (Å²) in [5, 5.41) is 15.0. The third-order valence-electron chi connectivity index (χ3n) is 9.03. The number of benzene rings is 3. The number of rotatable bonds is 11. The number of anilines is 1. The van der Waals surface area contributed by atoms with E-state index in [-0.39, 0.29) is 30.4 Å². The Morgan fingerprint density at radius 1 is 0.938 bits per heavy atom. The molecule has 3 heterocycles. The summed E-state index contributed by atoms with van der Waals surface area (Å²) in [5.41, 5.74) is 4.57. The Kier molecular flexibility index (Phi) is 8.01. The summed E-state index contributed by atoms with van der Waals surface area (Å²) in [5.74, 6) is -0.170. The van der Waals surface area contributed by atoms with Gasteiger partial charge in [-0.05, 0) is 23.6 Å². The monoisotopic (exact) mass is 666 g/mol. The minimum Gasteiger partial charge on any atom is -0.380 e. The van der Waals surface area contributed by atoms with Crippen molar-refractivity contribution in [1.29, 1.82) is 5.26 Å². The van der Waals surface area contributed by atoms with Gasteiger partial charge in [0.1, 0.15) is 29.1 Å². The molecule has 13 heteroatoms. The number of ether oxygens (including phenoxy) is 4. The van der Waals surface area contributed by atoms with E-state index in [0.29, 0.717) is 13.0 Å². The zero-order valence-electron chi connectivity index (χ0n) is 26.4. The minimum absolute atomic E-state index is 0.0661. The SMILES string of the molecule is C[C@@]1(OCc2ccccc2)[C@H](OCc2ccccc2)C2(C[C@H]2OCc2ccccc2)OC1(C#N)c1cnc2c(N)nc(S(C)(=O)=O)nn12. The van der Waals surface area contributed by atoms with Crippen LogP contribution in [0, 0.1) is 11.3 Å². The minimum atomic E-state index is -3.89. The number of fused-ring (bicyclic) bond motifs is 1. The standard InChI is InChI=1S/C35H34N6O6S/c1-33(46-22-26-16-10-5-11-17-26)31(45-21-25-14-8-4-9-15-25)34(18-28(34)44-20-24-12-6-3-7-13-24)47-35(33,23-36)27-19-38-30-29(37)39-32(40-41(27)30)48(2,42)43/h3-17,19,28,31H,18,20-22H2,1-2H3,(H2,37,39,40)/t28-,31+,33-,34?,35?/m1/s1. The molecular formula is C35H34N6O6S. The lowest BCUT2D eigenvalue weighted by Crippen LogP contribution is -2.55. The Morgan fingerprint density at radius 2 is 1.50 bits per heavy atom. The number of hydrogen-bond donors (Lipinski definition) is 1. The molecule has 2 fully saturated rings. The highest BCUT2D eigenvalue weighted by molar-refractivity contribution is 7.90. The van der Waals surface area contributed by atoms with Gasteiger partial charge in [-0.1, -0.05) is 91.0 Å². The highest BCUT2D eigenvalue weighted by Crippen LogP contribution is 2.64. The lowest BCUT2D eigenvalue weighted by Gasteiger charge is -2.39. The summed E-state index contributed by atoms with van der Waals surface area (Å²) < 4.78 is 53.3. The molecule has 3 aromatic carbocycles. The van der Waals surface area contributed by atoms with Crippen molar-refractivity contribution in [2.45, 2.75) is 67.3 Å². The van der Waals surface area contributed by atoms with Crippen LogP contribution in [0.1, 0.15) is 35.7 Å². The van der Waals surface area contributed by atoms with E-state index in [1.807, 2.05) is 91.0 Å². The largest absolute Gasteiger partial charge is 0.380 e. The highest BCUT2D eigenvalue weighted by Gasteiger charge is 2.81. The summed E-state index contributed by atoms with van der Waals surface area (Å²) in [7, 11) is -3.89. The smallest absolute Gasteiger partial charge is 0.267 e. The predicted molar refractivity (Wildman–Crippen MR) is 174 cm³/mol. The quantitative estimate of drug-likeness (QED) is 0.215. The van der Waals surface area contributed by atoms with Gasteiger partial charge in [-0.3, -0.25) is 0 Å². The molecule has 12 nitrogen and oxygen atoms in total. The Labute approximate surface area is 278 Å². The van der Waals surface area contributed by atoms with Crippen LogP contribution >= 0.6 is 0 Å². The second-order valence-corrected chi connectivity index (χ2v) is 14.2. The summed E-state index contributed by atoms with van der Waals surface area (Å²) >= 11 is 0. The van der Waals surface area contributed by atoms with Gasteiger partial charge < -0.3 is 24.7 Å². The van der Waals surface area contributed by atoms with E-state index in [1.54, 1.807) is 6.92 Å². The van der Waals surface area contributed by atoms with E-state index in [9.17, 15) is 13.7 Å². The van der Waals surface area contributed by atoms with Crippen molar-refractivity contribution < 1.29 is 27.4 Å². The van der Waals surface area contributed by atoms with Crippen LogP contribution in [0.5, 0.6) is 0 Å². The number of hydrogen-bond acceptors (Lipinski definition) is 11. The maximum absolute atomic E-state index is 12.6. The van der Waals surface area contributed by atoms with Crippen molar-refractivity contribution >= 4 is 21.3 Å². The van der Waals surface area contributed by atoms with Crippen LogP contribution in [-0.2, 0) is 54.2 Å². The molecule has 2 aromatic heterocycles. The molecule has 0 bridgehead atoms. The molecule has 0 radical (unpaired) electrons. The average molecular weight is 667 g/mol. The maximum atomic E-state index is 12.6. The fourth-order valence-electron chi connectivity index (χ4n) is 6.49. The molecule has 5 atom stereocenters. The molecule has 0 amide bonds. The molecule has 2 aliphatic rings. The topological polar surface area (TPSA) is 164 Å². The van der Waals surface area contributed by atoms with Gasteiger partial charge in [-0.15, -0.1) is 5.10 Å². The molecule has 1 saturated carbocycles. The average Bonchev–Trinajstić information content (AvgIpc) is 3.50. The normalized spacial score (nSPS) is 26.5. The third kappa shape index (κ3) is 5.41. The Balaban J connectivity index is 1.37. The first-order valence-corrected chi connectivity index (χ1v) is 17.3. The van der Waals surface area contributed by atoms with Crippen LogP contribution < -0.4 is 5.73 Å². The van der Waals surface area contributed by atoms with E-state index in [4.69, 9.17) is 24.7 Å². The molecule has 2 N–H and O–H groups in total. The van der Waals surface area contributed by atoms with E-state index >= 15 is 0 Å². The fourth-order valence-corrected chi connectivity index (χ4v) is 6.99. The van der Waals surface area contributed by atoms with Crippen LogP contribution in [-0.4, -0.2) is 57.7 Å². The Morgan fingerprint density at radius 3 is 2.06 bits per heavy atom. The van der Waals surface area contributed by atoms with Crippen molar-refractivity contribution in [2.75, 3.05) is 12.0 Å². The van der Waals surface area contributed by atoms with E-state index in [0.717, 1.165) is 22.9 Å². The molecule has 1 aliphatic carbocycles. The second-order valence-electron chi connectivity index (χ2n) is 12.3. The molecule has 5 aromatic rings. The van der Waals surface area contributed by atoms with Gasteiger partial charge >= 0.3 is 0 Å². The number of nitrogen functional groups attached to an aromatic ring is 1. The molecular weight excluding hydrogens is 632 g/mol. The highest BCUT2D eigenvalue weighted by atomic mass is 32.2. The van der Waals surface area contributed by atoms with Gasteiger partial charge in [0.05, 0.1) is 32.1 Å². The third-order valence-corrected chi connectivity index (χ3v) is 9.87. The molecule has 2 unspecified atom stereocenters. The van der Waals surface area contributed by atoms with Crippen LogP contribution in [0.2, 0.25) is 0 Å². The van der Waals surface area contributed by atoms with Crippen molar-refractivity contribution in [1.82, 2.24) is 19.6 Å². The molecule has 1 saturated heterocycles. The van der Waals surface area contributed by atoms with Crippen LogP contribution in [0.15, 0.2) is 102 Å². The van der Waals surface area contributed by atoms with Crippen molar-refractivity contribution in [3.05, 3.63) is 120 Å². The van der Waals surface area contributed by atoms with Crippen molar-refractivity contribution in [2.24, 2.45) is 0 Å². The van der Waals surface area contributed by atoms with Gasteiger partial charge in [0.25, 0.3) is 5.16 Å². The Hall–Kier alpha value is -4.71. The number of nitrogens with zero attached hydrogens (tertiary/aromatic N) is 5. The lowest BCUT2D eigenvalue weighted by molar-refractivity contribution is -0.168. The first-order chi connectivity index (χ1) is 23.1. The predicted octanol–water partition coefficient (Wildman–Crippen LogP) is 4.15. The van der Waals surface area contributed by atoms with Crippen molar-refractivity contribution in [3.63, 3.8) is 0 Å². The van der Waals surface area contributed by atoms with E-state index in [2.05, 4.69) is 21.1 Å². The maximum Gasteiger partial charge on any atom is 0.267 e. The van der Waals surface area contributed by atoms with Gasteiger partial charge in [0.2, 0.25) is 15.4 Å². The van der Waals surface area contributed by atoms with Crippen LogP contribution in [0.4, 0.5) is 5.82 Å². The zero-order valence-corrected chi connectivity index (χ0v) is 27.2. The molecule has 1 aliphatic heterocycles. The molecule has 246 valence electrons. The first-order valence-electron chi connectivity index (χ1n) is 15.4. The van der Waals surface area contributed by atoms with E-state index < -0.39 is 44.0 Å². The number of sulfone groups is 1. The summed E-state index contributed by atoms with van der Waals surface area (Å²) in [6.45, 7) is 2.41.